The van der Waals surface area contributed by atoms with Crippen LogP contribution in [0, 0.1) is 5.92 Å². The highest BCUT2D eigenvalue weighted by Gasteiger charge is 2.42. The van der Waals surface area contributed by atoms with E-state index in [4.69, 9.17) is 10.5 Å². The van der Waals surface area contributed by atoms with E-state index in [0.717, 1.165) is 18.9 Å². The van der Waals surface area contributed by atoms with Crippen molar-refractivity contribution in [3.05, 3.63) is 0 Å². The molecule has 1 heterocycles. The summed E-state index contributed by atoms with van der Waals surface area (Å²) < 4.78 is 6.03. The largest absolute Gasteiger partial charge is 0.372 e. The van der Waals surface area contributed by atoms with Gasteiger partial charge in [-0.1, -0.05) is 0 Å². The van der Waals surface area contributed by atoms with Gasteiger partial charge in [-0.15, -0.1) is 0 Å². The number of hydrogen-bond donors (Lipinski definition) is 1. The lowest BCUT2D eigenvalue weighted by atomic mass is 9.98. The fourth-order valence-electron chi connectivity index (χ4n) is 2.22. The Morgan fingerprint density at radius 1 is 1.42 bits per heavy atom. The summed E-state index contributed by atoms with van der Waals surface area (Å²) in [7, 11) is 0. The molecule has 1 aliphatic heterocycles. The van der Waals surface area contributed by atoms with Crippen LogP contribution in [0.5, 0.6) is 0 Å². The van der Waals surface area contributed by atoms with Crippen LogP contribution in [0.3, 0.4) is 0 Å². The van der Waals surface area contributed by atoms with Crippen LogP contribution >= 0.6 is 0 Å². The Morgan fingerprint density at radius 3 is 2.75 bits per heavy atom. The van der Waals surface area contributed by atoms with E-state index in [0.29, 0.717) is 6.10 Å². The maximum atomic E-state index is 6.03. The van der Waals surface area contributed by atoms with Crippen LogP contribution in [0.25, 0.3) is 0 Å². The van der Waals surface area contributed by atoms with E-state index >= 15 is 0 Å². The molecule has 0 spiro atoms. The Hall–Kier alpha value is -0.0800. The average Bonchev–Trinajstić information content (AvgIpc) is 2.78. The van der Waals surface area contributed by atoms with Crippen LogP contribution in [-0.2, 0) is 4.74 Å². The van der Waals surface area contributed by atoms with Gasteiger partial charge in [0.1, 0.15) is 0 Å². The van der Waals surface area contributed by atoms with Crippen molar-refractivity contribution in [3.63, 3.8) is 0 Å². The highest BCUT2D eigenvalue weighted by Crippen LogP contribution is 2.44. The van der Waals surface area contributed by atoms with Gasteiger partial charge in [0.05, 0.1) is 11.7 Å². The SMILES string of the molecule is CC1(CCN)CCC(C2CC2)O1. The van der Waals surface area contributed by atoms with Crippen molar-refractivity contribution in [2.24, 2.45) is 11.7 Å². The third kappa shape index (κ3) is 1.64. The minimum absolute atomic E-state index is 0.113. The molecule has 12 heavy (non-hydrogen) atoms. The number of ether oxygens (including phenoxy) is 1. The van der Waals surface area contributed by atoms with Crippen molar-refractivity contribution < 1.29 is 4.74 Å². The molecule has 70 valence electrons. The molecular weight excluding hydrogens is 150 g/mol. The van der Waals surface area contributed by atoms with Crippen molar-refractivity contribution >= 4 is 0 Å². The topological polar surface area (TPSA) is 35.2 Å². The zero-order chi connectivity index (χ0) is 8.60. The summed E-state index contributed by atoms with van der Waals surface area (Å²) in [4.78, 5) is 0. The van der Waals surface area contributed by atoms with Crippen LogP contribution in [-0.4, -0.2) is 18.2 Å². The predicted molar refractivity (Wildman–Crippen MR) is 48.9 cm³/mol. The summed E-state index contributed by atoms with van der Waals surface area (Å²) in [5.74, 6) is 0.893. The molecule has 2 atom stereocenters. The second-order valence-electron chi connectivity index (χ2n) is 4.52. The van der Waals surface area contributed by atoms with E-state index in [1.807, 2.05) is 0 Å². The first-order valence-corrected chi connectivity index (χ1v) is 5.11. The first-order valence-electron chi connectivity index (χ1n) is 5.11. The summed E-state index contributed by atoms with van der Waals surface area (Å²) in [5.41, 5.74) is 5.66. The van der Waals surface area contributed by atoms with Crippen molar-refractivity contribution in [3.8, 4) is 0 Å². The summed E-state index contributed by atoms with van der Waals surface area (Å²) in [6.45, 7) is 2.97. The molecular formula is C10H19NO. The Kier molecular flexibility index (Phi) is 2.13. The van der Waals surface area contributed by atoms with Gasteiger partial charge in [0, 0.05) is 0 Å². The Balaban J connectivity index is 1.86. The molecule has 2 unspecified atom stereocenters. The first kappa shape index (κ1) is 8.52. The molecule has 2 N–H and O–H groups in total. The quantitative estimate of drug-likeness (QED) is 0.697. The molecule has 2 fully saturated rings. The fourth-order valence-corrected chi connectivity index (χ4v) is 2.22. The van der Waals surface area contributed by atoms with Gasteiger partial charge >= 0.3 is 0 Å². The standard InChI is InChI=1S/C10H19NO/c1-10(6-7-11)5-4-9(12-10)8-2-3-8/h8-9H,2-7,11H2,1H3. The molecule has 0 aromatic carbocycles. The van der Waals surface area contributed by atoms with Gasteiger partial charge in [-0.2, -0.15) is 0 Å². The fraction of sp³-hybridized carbons (Fsp3) is 1.00. The summed E-state index contributed by atoms with van der Waals surface area (Å²) in [5, 5.41) is 0. The second kappa shape index (κ2) is 3.00. The van der Waals surface area contributed by atoms with Crippen molar-refractivity contribution in [1.29, 1.82) is 0 Å². The Morgan fingerprint density at radius 2 is 2.17 bits per heavy atom. The summed E-state index contributed by atoms with van der Waals surface area (Å²) >= 11 is 0. The lowest BCUT2D eigenvalue weighted by Gasteiger charge is -2.24. The van der Waals surface area contributed by atoms with E-state index in [-0.39, 0.29) is 5.60 Å². The van der Waals surface area contributed by atoms with Gasteiger partial charge in [-0.3, -0.25) is 0 Å². The Bertz CT molecular complexity index is 167. The third-order valence-electron chi connectivity index (χ3n) is 3.21. The molecule has 1 aliphatic carbocycles. The number of nitrogens with two attached hydrogens (primary N) is 1. The predicted octanol–water partition coefficient (Wildman–Crippen LogP) is 1.68. The molecule has 0 aromatic heterocycles. The number of hydrogen-bond acceptors (Lipinski definition) is 2. The lowest BCUT2D eigenvalue weighted by Crippen LogP contribution is -2.28. The highest BCUT2D eigenvalue weighted by atomic mass is 16.5. The third-order valence-corrected chi connectivity index (χ3v) is 3.21. The molecule has 1 saturated heterocycles. The van der Waals surface area contributed by atoms with E-state index in [2.05, 4.69) is 6.92 Å². The van der Waals surface area contributed by atoms with Crippen molar-refractivity contribution in [2.75, 3.05) is 6.54 Å². The van der Waals surface area contributed by atoms with Gasteiger partial charge in [0.25, 0.3) is 0 Å². The maximum Gasteiger partial charge on any atom is 0.0671 e. The average molecular weight is 169 g/mol. The van der Waals surface area contributed by atoms with E-state index in [1.165, 1.54) is 25.7 Å². The maximum absolute atomic E-state index is 6.03. The monoisotopic (exact) mass is 169 g/mol. The second-order valence-corrected chi connectivity index (χ2v) is 4.52. The zero-order valence-electron chi connectivity index (χ0n) is 7.88. The molecule has 0 bridgehead atoms. The van der Waals surface area contributed by atoms with Crippen LogP contribution in [0.4, 0.5) is 0 Å². The van der Waals surface area contributed by atoms with E-state index in [9.17, 15) is 0 Å². The minimum Gasteiger partial charge on any atom is -0.372 e. The van der Waals surface area contributed by atoms with Crippen LogP contribution < -0.4 is 5.73 Å². The van der Waals surface area contributed by atoms with E-state index < -0.39 is 0 Å². The minimum atomic E-state index is 0.113. The summed E-state index contributed by atoms with van der Waals surface area (Å²) in [6.07, 6.45) is 6.86. The molecule has 0 aromatic rings. The normalized spacial score (nSPS) is 42.0. The van der Waals surface area contributed by atoms with Gasteiger partial charge < -0.3 is 10.5 Å². The molecule has 1 saturated carbocycles. The Labute approximate surface area is 74.5 Å². The highest BCUT2D eigenvalue weighted by molar-refractivity contribution is 4.92. The van der Waals surface area contributed by atoms with Crippen molar-refractivity contribution in [2.45, 2.75) is 50.7 Å². The smallest absolute Gasteiger partial charge is 0.0671 e. The molecule has 2 heteroatoms. The van der Waals surface area contributed by atoms with Crippen molar-refractivity contribution in [1.82, 2.24) is 0 Å². The molecule has 2 rings (SSSR count). The lowest BCUT2D eigenvalue weighted by molar-refractivity contribution is -0.0401. The zero-order valence-corrected chi connectivity index (χ0v) is 7.88. The molecule has 0 amide bonds. The van der Waals surface area contributed by atoms with Gasteiger partial charge in [-0.05, 0) is 51.5 Å². The first-order chi connectivity index (χ1) is 5.73. The molecule has 0 radical (unpaired) electrons. The van der Waals surface area contributed by atoms with E-state index in [1.54, 1.807) is 0 Å². The van der Waals surface area contributed by atoms with Gasteiger partial charge in [0.15, 0.2) is 0 Å². The van der Waals surface area contributed by atoms with Gasteiger partial charge in [0.2, 0.25) is 0 Å². The number of rotatable bonds is 3. The molecule has 2 aliphatic rings. The van der Waals surface area contributed by atoms with Crippen LogP contribution in [0.15, 0.2) is 0 Å². The van der Waals surface area contributed by atoms with Crippen LogP contribution in [0.2, 0.25) is 0 Å². The van der Waals surface area contributed by atoms with Crippen LogP contribution in [0.1, 0.15) is 39.0 Å². The summed E-state index contributed by atoms with van der Waals surface area (Å²) in [6, 6.07) is 0. The van der Waals surface area contributed by atoms with Gasteiger partial charge in [-0.25, -0.2) is 0 Å². The molecule has 2 nitrogen and oxygen atoms in total.